The molecule has 1 saturated heterocycles. The number of likely N-dealkylation sites (N-methyl/N-ethyl adjacent to an activating group) is 1. The molecule has 7 heteroatoms. The van der Waals surface area contributed by atoms with E-state index in [0.29, 0.717) is 0 Å². The second-order valence-electron chi connectivity index (χ2n) is 5.36. The number of piperazine rings is 1. The van der Waals surface area contributed by atoms with Crippen molar-refractivity contribution in [1.82, 2.24) is 4.90 Å². The molecule has 0 bridgehead atoms. The van der Waals surface area contributed by atoms with E-state index in [1.54, 1.807) is 12.1 Å². The Morgan fingerprint density at radius 1 is 1.05 bits per heavy atom. The quantitative estimate of drug-likeness (QED) is 0.631. The van der Waals surface area contributed by atoms with Gasteiger partial charge in [0.1, 0.15) is 0 Å². The number of carbonyl (C=O) groups excluding carboxylic acids is 2. The Labute approximate surface area is 126 Å². The molecule has 0 N–H and O–H groups in total. The fourth-order valence-electron chi connectivity index (χ4n) is 2.27. The Hall–Kier alpha value is -1.89. The highest BCUT2D eigenvalue weighted by molar-refractivity contribution is 6.09. The molecule has 2 rings (SSSR count). The molecule has 120 valence electrons. The molecule has 0 amide bonds. The molecule has 0 aliphatic carbocycles. The first-order chi connectivity index (χ1) is 10.3. The van der Waals surface area contributed by atoms with Crippen LogP contribution in [0.1, 0.15) is 16.8 Å². The van der Waals surface area contributed by atoms with Gasteiger partial charge in [0, 0.05) is 37.4 Å². The molecule has 1 heterocycles. The fraction of sp³-hybridized carbons (Fsp3) is 0.467. The average molecular weight is 314 g/mol. The molecule has 0 atom stereocenters. The third-order valence-corrected chi connectivity index (χ3v) is 3.69. The number of ketones is 2. The number of Topliss-reactive ketones (excluding diaryl/α,β-unsaturated/α-hetero) is 2. The summed E-state index contributed by atoms with van der Waals surface area (Å²) in [5, 5.41) is 0. The Morgan fingerprint density at radius 3 is 2.09 bits per heavy atom. The molecule has 0 spiro atoms. The lowest BCUT2D eigenvalue weighted by atomic mass is 10.0. The highest BCUT2D eigenvalue weighted by Crippen LogP contribution is 2.21. The van der Waals surface area contributed by atoms with Gasteiger partial charge in [0.05, 0.1) is 6.42 Å². The summed E-state index contributed by atoms with van der Waals surface area (Å²) in [5.74, 6) is -2.83. The van der Waals surface area contributed by atoms with Crippen LogP contribution in [0.25, 0.3) is 0 Å². The van der Waals surface area contributed by atoms with Gasteiger partial charge in [0.15, 0.2) is 5.78 Å². The van der Waals surface area contributed by atoms with E-state index in [4.69, 9.17) is 0 Å². The Morgan fingerprint density at radius 2 is 1.59 bits per heavy atom. The minimum Gasteiger partial charge on any atom is -0.369 e. The van der Waals surface area contributed by atoms with E-state index < -0.39 is 24.2 Å². The summed E-state index contributed by atoms with van der Waals surface area (Å²) in [6.45, 7) is 3.58. The SMILES string of the molecule is CN1CCN(c2ccc(C(=O)CC(=O)C(F)(F)F)cc2)CC1. The zero-order valence-electron chi connectivity index (χ0n) is 12.2. The third kappa shape index (κ3) is 4.07. The summed E-state index contributed by atoms with van der Waals surface area (Å²) in [7, 11) is 2.04. The molecule has 1 aromatic carbocycles. The fourth-order valence-corrected chi connectivity index (χ4v) is 2.27. The van der Waals surface area contributed by atoms with Crippen molar-refractivity contribution < 1.29 is 22.8 Å². The molecule has 1 aliphatic heterocycles. The summed E-state index contributed by atoms with van der Waals surface area (Å²) in [4.78, 5) is 26.9. The van der Waals surface area contributed by atoms with Gasteiger partial charge in [0.2, 0.25) is 5.78 Å². The van der Waals surface area contributed by atoms with E-state index >= 15 is 0 Å². The standard InChI is InChI=1S/C15H17F3N2O2/c1-19-6-8-20(9-7-19)12-4-2-11(3-5-12)13(21)10-14(22)15(16,17)18/h2-5H,6-10H2,1H3. The summed E-state index contributed by atoms with van der Waals surface area (Å²) in [6.07, 6.45) is -6.10. The van der Waals surface area contributed by atoms with Gasteiger partial charge in [-0.25, -0.2) is 0 Å². The molecule has 0 saturated carbocycles. The van der Waals surface area contributed by atoms with Gasteiger partial charge in [-0.15, -0.1) is 0 Å². The highest BCUT2D eigenvalue weighted by atomic mass is 19.4. The number of hydrogen-bond donors (Lipinski definition) is 0. The summed E-state index contributed by atoms with van der Waals surface area (Å²) >= 11 is 0. The molecule has 1 aromatic rings. The zero-order chi connectivity index (χ0) is 16.3. The lowest BCUT2D eigenvalue weighted by Gasteiger charge is -2.34. The third-order valence-electron chi connectivity index (χ3n) is 3.69. The smallest absolute Gasteiger partial charge is 0.369 e. The van der Waals surface area contributed by atoms with E-state index in [1.165, 1.54) is 12.1 Å². The number of carbonyl (C=O) groups is 2. The maximum atomic E-state index is 12.2. The second kappa shape index (κ2) is 6.48. The van der Waals surface area contributed by atoms with Crippen LogP contribution >= 0.6 is 0 Å². The van der Waals surface area contributed by atoms with Crippen molar-refractivity contribution in [1.29, 1.82) is 0 Å². The molecule has 4 nitrogen and oxygen atoms in total. The lowest BCUT2D eigenvalue weighted by Crippen LogP contribution is -2.44. The molecular weight excluding hydrogens is 297 g/mol. The maximum absolute atomic E-state index is 12.2. The second-order valence-corrected chi connectivity index (χ2v) is 5.36. The van der Waals surface area contributed by atoms with Crippen LogP contribution in [0.2, 0.25) is 0 Å². The molecule has 0 unspecified atom stereocenters. The predicted molar refractivity (Wildman–Crippen MR) is 76.2 cm³/mol. The monoisotopic (exact) mass is 314 g/mol. The Bertz CT molecular complexity index is 547. The highest BCUT2D eigenvalue weighted by Gasteiger charge is 2.39. The molecule has 0 radical (unpaired) electrons. The zero-order valence-corrected chi connectivity index (χ0v) is 12.2. The van der Waals surface area contributed by atoms with Crippen LogP contribution in [-0.4, -0.2) is 55.9 Å². The minimum absolute atomic E-state index is 0.121. The largest absolute Gasteiger partial charge is 0.450 e. The first kappa shape index (κ1) is 16.5. The first-order valence-electron chi connectivity index (χ1n) is 6.94. The summed E-state index contributed by atoms with van der Waals surface area (Å²) < 4.78 is 36.5. The topological polar surface area (TPSA) is 40.6 Å². The van der Waals surface area contributed by atoms with E-state index in [9.17, 15) is 22.8 Å². The molecule has 1 aliphatic rings. The van der Waals surface area contributed by atoms with Crippen LogP contribution < -0.4 is 4.90 Å². The van der Waals surface area contributed by atoms with Gasteiger partial charge >= 0.3 is 6.18 Å². The van der Waals surface area contributed by atoms with Crippen LogP contribution in [0.3, 0.4) is 0 Å². The van der Waals surface area contributed by atoms with Gasteiger partial charge in [-0.05, 0) is 31.3 Å². The van der Waals surface area contributed by atoms with Crippen LogP contribution in [0.15, 0.2) is 24.3 Å². The first-order valence-corrected chi connectivity index (χ1v) is 6.94. The van der Waals surface area contributed by atoms with Crippen molar-refractivity contribution in [2.75, 3.05) is 38.1 Å². The van der Waals surface area contributed by atoms with Crippen molar-refractivity contribution >= 4 is 17.3 Å². The number of anilines is 1. The van der Waals surface area contributed by atoms with E-state index in [1.807, 2.05) is 7.05 Å². The maximum Gasteiger partial charge on any atom is 0.450 e. The number of benzene rings is 1. The van der Waals surface area contributed by atoms with Crippen molar-refractivity contribution in [2.24, 2.45) is 0 Å². The lowest BCUT2D eigenvalue weighted by molar-refractivity contribution is -0.170. The van der Waals surface area contributed by atoms with Crippen LogP contribution in [0.4, 0.5) is 18.9 Å². The van der Waals surface area contributed by atoms with E-state index in [0.717, 1.165) is 31.9 Å². The normalized spacial score (nSPS) is 16.6. The van der Waals surface area contributed by atoms with Gasteiger partial charge in [-0.3, -0.25) is 9.59 Å². The van der Waals surface area contributed by atoms with Gasteiger partial charge in [0.25, 0.3) is 0 Å². The van der Waals surface area contributed by atoms with Crippen molar-refractivity contribution in [3.63, 3.8) is 0 Å². The Balaban J connectivity index is 1.99. The van der Waals surface area contributed by atoms with E-state index in [2.05, 4.69) is 9.80 Å². The molecule has 0 aromatic heterocycles. The van der Waals surface area contributed by atoms with Crippen molar-refractivity contribution in [2.45, 2.75) is 12.6 Å². The van der Waals surface area contributed by atoms with Gasteiger partial charge in [-0.1, -0.05) is 0 Å². The summed E-state index contributed by atoms with van der Waals surface area (Å²) in [5.41, 5.74) is 1.04. The molecule has 1 fully saturated rings. The number of hydrogen-bond acceptors (Lipinski definition) is 4. The number of halogens is 3. The number of alkyl halides is 3. The van der Waals surface area contributed by atoms with Gasteiger partial charge < -0.3 is 9.80 Å². The van der Waals surface area contributed by atoms with Crippen LogP contribution in [0, 0.1) is 0 Å². The number of nitrogens with zero attached hydrogens (tertiary/aromatic N) is 2. The molecule has 22 heavy (non-hydrogen) atoms. The molecular formula is C15H17F3N2O2. The number of rotatable bonds is 4. The van der Waals surface area contributed by atoms with Crippen molar-refractivity contribution in [3.05, 3.63) is 29.8 Å². The Kier molecular flexibility index (Phi) is 4.85. The van der Waals surface area contributed by atoms with Crippen LogP contribution in [0.5, 0.6) is 0 Å². The predicted octanol–water partition coefficient (Wildman–Crippen LogP) is 2.14. The average Bonchev–Trinajstić information content (AvgIpc) is 2.47. The summed E-state index contributed by atoms with van der Waals surface area (Å²) in [6, 6.07) is 6.35. The minimum atomic E-state index is -4.96. The van der Waals surface area contributed by atoms with Gasteiger partial charge in [-0.2, -0.15) is 13.2 Å². The van der Waals surface area contributed by atoms with Crippen LogP contribution in [-0.2, 0) is 4.79 Å². The van der Waals surface area contributed by atoms with Crippen molar-refractivity contribution in [3.8, 4) is 0 Å². The van der Waals surface area contributed by atoms with E-state index in [-0.39, 0.29) is 5.56 Å².